The summed E-state index contributed by atoms with van der Waals surface area (Å²) < 4.78 is 0. The topological polar surface area (TPSA) is 24.1 Å². The number of fused-ring (bicyclic) bond motifs is 1. The van der Waals surface area contributed by atoms with Crippen molar-refractivity contribution in [3.63, 3.8) is 0 Å². The maximum atomic E-state index is 3.81. The summed E-state index contributed by atoms with van der Waals surface area (Å²) >= 11 is 0. The molecule has 1 aliphatic heterocycles. The fourth-order valence-electron chi connectivity index (χ4n) is 3.67. The molecule has 0 amide bonds. The van der Waals surface area contributed by atoms with Crippen LogP contribution in [0.4, 0.5) is 17.1 Å². The van der Waals surface area contributed by atoms with Crippen molar-refractivity contribution in [2.75, 3.05) is 10.6 Å². The quantitative estimate of drug-likeness (QED) is 0.718. The second kappa shape index (κ2) is 5.92. The Morgan fingerprint density at radius 3 is 2.48 bits per heavy atom. The zero-order valence-electron chi connectivity index (χ0n) is 14.9. The van der Waals surface area contributed by atoms with Crippen LogP contribution in [-0.4, -0.2) is 5.54 Å². The first-order chi connectivity index (χ1) is 10.9. The number of benzene rings is 2. The third kappa shape index (κ3) is 2.83. The van der Waals surface area contributed by atoms with E-state index in [1.165, 1.54) is 22.5 Å². The fourth-order valence-corrected chi connectivity index (χ4v) is 3.67. The molecule has 2 aromatic rings. The Labute approximate surface area is 140 Å². The minimum absolute atomic E-state index is 0.174. The van der Waals surface area contributed by atoms with E-state index in [0.717, 1.165) is 12.1 Å². The zero-order chi connectivity index (χ0) is 16.6. The van der Waals surface area contributed by atoms with Crippen LogP contribution in [0, 0.1) is 12.8 Å². The Hall–Kier alpha value is -1.96. The second-order valence-electron chi connectivity index (χ2n) is 7.22. The molecule has 122 valence electrons. The van der Waals surface area contributed by atoms with Crippen LogP contribution >= 0.6 is 0 Å². The van der Waals surface area contributed by atoms with Crippen molar-refractivity contribution in [3.05, 3.63) is 53.6 Å². The van der Waals surface area contributed by atoms with Crippen molar-refractivity contribution in [3.8, 4) is 0 Å². The van der Waals surface area contributed by atoms with Crippen molar-refractivity contribution in [1.82, 2.24) is 0 Å². The molecule has 0 bridgehead atoms. The Morgan fingerprint density at radius 1 is 1.13 bits per heavy atom. The smallest absolute Gasteiger partial charge is 0.0418 e. The van der Waals surface area contributed by atoms with Crippen molar-refractivity contribution >= 4 is 17.1 Å². The SMILES string of the molecule is CCC1(C)Nc2cc(C)c(Nc3ccccc3)cc2C(C)C1C. The van der Waals surface area contributed by atoms with Crippen molar-refractivity contribution in [2.45, 2.75) is 52.5 Å². The van der Waals surface area contributed by atoms with Crippen molar-refractivity contribution in [1.29, 1.82) is 0 Å². The standard InChI is InChI=1S/C21H28N2/c1-6-21(5)16(4)15(3)18-13-19(14(2)12-20(18)23-21)22-17-10-8-7-9-11-17/h7-13,15-16,22-23H,6H2,1-5H3. The lowest BCUT2D eigenvalue weighted by Crippen LogP contribution is -2.46. The number of nitrogens with one attached hydrogen (secondary N) is 2. The summed E-state index contributed by atoms with van der Waals surface area (Å²) in [5.74, 6) is 1.15. The van der Waals surface area contributed by atoms with E-state index in [-0.39, 0.29) is 5.54 Å². The number of rotatable bonds is 3. The van der Waals surface area contributed by atoms with Gasteiger partial charge in [0.05, 0.1) is 0 Å². The van der Waals surface area contributed by atoms with Gasteiger partial charge in [-0.25, -0.2) is 0 Å². The van der Waals surface area contributed by atoms with Gasteiger partial charge in [0.2, 0.25) is 0 Å². The predicted octanol–water partition coefficient (Wildman–Crippen LogP) is 6.07. The number of aryl methyl sites for hydroxylation is 1. The van der Waals surface area contributed by atoms with E-state index in [1.807, 2.05) is 6.07 Å². The van der Waals surface area contributed by atoms with Crippen LogP contribution in [0.15, 0.2) is 42.5 Å². The first-order valence-electron chi connectivity index (χ1n) is 8.69. The van der Waals surface area contributed by atoms with Crippen LogP contribution in [0.5, 0.6) is 0 Å². The Bertz CT molecular complexity index is 692. The van der Waals surface area contributed by atoms with Gasteiger partial charge < -0.3 is 10.6 Å². The highest BCUT2D eigenvalue weighted by molar-refractivity contribution is 5.71. The van der Waals surface area contributed by atoms with Crippen molar-refractivity contribution in [2.24, 2.45) is 5.92 Å². The molecular weight excluding hydrogens is 280 g/mol. The van der Waals surface area contributed by atoms with Gasteiger partial charge in [-0.2, -0.15) is 0 Å². The number of para-hydroxylation sites is 1. The average Bonchev–Trinajstić information content (AvgIpc) is 2.55. The second-order valence-corrected chi connectivity index (χ2v) is 7.22. The predicted molar refractivity (Wildman–Crippen MR) is 101 cm³/mol. The maximum Gasteiger partial charge on any atom is 0.0418 e. The summed E-state index contributed by atoms with van der Waals surface area (Å²) in [7, 11) is 0. The lowest BCUT2D eigenvalue weighted by Gasteiger charge is -2.46. The molecule has 0 aromatic heterocycles. The molecule has 0 fully saturated rings. The zero-order valence-corrected chi connectivity index (χ0v) is 14.9. The molecule has 0 saturated carbocycles. The van der Waals surface area contributed by atoms with Gasteiger partial charge in [0.25, 0.3) is 0 Å². The van der Waals surface area contributed by atoms with E-state index in [0.29, 0.717) is 11.8 Å². The molecule has 0 saturated heterocycles. The van der Waals surface area contributed by atoms with E-state index in [9.17, 15) is 0 Å². The average molecular weight is 308 g/mol. The molecule has 1 heterocycles. The highest BCUT2D eigenvalue weighted by atomic mass is 15.0. The first kappa shape index (κ1) is 15.9. The lowest BCUT2D eigenvalue weighted by atomic mass is 9.70. The van der Waals surface area contributed by atoms with Crippen LogP contribution in [0.3, 0.4) is 0 Å². The molecule has 23 heavy (non-hydrogen) atoms. The molecule has 2 aromatic carbocycles. The van der Waals surface area contributed by atoms with Crippen LogP contribution in [0.1, 0.15) is 51.2 Å². The molecule has 3 atom stereocenters. The van der Waals surface area contributed by atoms with Gasteiger partial charge in [-0.05, 0) is 67.5 Å². The van der Waals surface area contributed by atoms with Crippen LogP contribution in [-0.2, 0) is 0 Å². The van der Waals surface area contributed by atoms with E-state index < -0.39 is 0 Å². The monoisotopic (exact) mass is 308 g/mol. The summed E-state index contributed by atoms with van der Waals surface area (Å²) in [5, 5.41) is 7.37. The highest BCUT2D eigenvalue weighted by Crippen LogP contribution is 2.46. The third-order valence-corrected chi connectivity index (χ3v) is 5.85. The third-order valence-electron chi connectivity index (χ3n) is 5.85. The van der Waals surface area contributed by atoms with Crippen molar-refractivity contribution < 1.29 is 0 Å². The minimum Gasteiger partial charge on any atom is -0.379 e. The summed E-state index contributed by atoms with van der Waals surface area (Å²) in [5.41, 5.74) is 6.52. The summed E-state index contributed by atoms with van der Waals surface area (Å²) in [4.78, 5) is 0. The van der Waals surface area contributed by atoms with Gasteiger partial charge in [0, 0.05) is 22.6 Å². The van der Waals surface area contributed by atoms with Crippen LogP contribution in [0.25, 0.3) is 0 Å². The maximum absolute atomic E-state index is 3.81. The molecule has 3 rings (SSSR count). The molecule has 0 aliphatic carbocycles. The molecular formula is C21H28N2. The van der Waals surface area contributed by atoms with Gasteiger partial charge in [-0.15, -0.1) is 0 Å². The van der Waals surface area contributed by atoms with Gasteiger partial charge in [0.15, 0.2) is 0 Å². The van der Waals surface area contributed by atoms with Crippen LogP contribution in [0.2, 0.25) is 0 Å². The van der Waals surface area contributed by atoms with Gasteiger partial charge in [-0.1, -0.05) is 39.0 Å². The van der Waals surface area contributed by atoms with Gasteiger partial charge in [0.1, 0.15) is 0 Å². The van der Waals surface area contributed by atoms with E-state index >= 15 is 0 Å². The fraction of sp³-hybridized carbons (Fsp3) is 0.429. The molecule has 2 nitrogen and oxygen atoms in total. The molecule has 0 spiro atoms. The summed E-state index contributed by atoms with van der Waals surface area (Å²) in [6.07, 6.45) is 1.14. The van der Waals surface area contributed by atoms with E-state index in [1.54, 1.807) is 0 Å². The molecule has 3 unspecified atom stereocenters. The molecule has 2 N–H and O–H groups in total. The summed E-state index contributed by atoms with van der Waals surface area (Å²) in [6.45, 7) is 11.5. The molecule has 0 radical (unpaired) electrons. The molecule has 2 heteroatoms. The highest BCUT2D eigenvalue weighted by Gasteiger charge is 2.38. The normalized spacial score (nSPS) is 26.3. The van der Waals surface area contributed by atoms with E-state index in [4.69, 9.17) is 0 Å². The number of hydrogen-bond donors (Lipinski definition) is 2. The summed E-state index contributed by atoms with van der Waals surface area (Å²) in [6, 6.07) is 15.0. The van der Waals surface area contributed by atoms with Crippen LogP contribution < -0.4 is 10.6 Å². The Morgan fingerprint density at radius 2 is 1.83 bits per heavy atom. The Balaban J connectivity index is 1.99. The van der Waals surface area contributed by atoms with E-state index in [2.05, 4.69) is 81.7 Å². The minimum atomic E-state index is 0.174. The Kier molecular flexibility index (Phi) is 4.09. The van der Waals surface area contributed by atoms with Gasteiger partial charge >= 0.3 is 0 Å². The first-order valence-corrected chi connectivity index (χ1v) is 8.69. The van der Waals surface area contributed by atoms with Gasteiger partial charge in [-0.3, -0.25) is 0 Å². The largest absolute Gasteiger partial charge is 0.379 e. The number of anilines is 3. The lowest BCUT2D eigenvalue weighted by molar-refractivity contribution is 0.284. The molecule has 1 aliphatic rings. The number of hydrogen-bond acceptors (Lipinski definition) is 2.